The van der Waals surface area contributed by atoms with Crippen molar-refractivity contribution in [2.75, 3.05) is 75.0 Å². The molecular formula is C81H97ClN6O9S9. The third-order valence-corrected chi connectivity index (χ3v) is 22.0. The van der Waals surface area contributed by atoms with Crippen LogP contribution in [0.1, 0.15) is 105 Å². The molecular weight excluding hydrogens is 1520 g/mol. The molecule has 4 N–H and O–H groups in total. The molecule has 0 unspecified atom stereocenters. The summed E-state index contributed by atoms with van der Waals surface area (Å²) in [5.74, 6) is 4.32. The highest BCUT2D eigenvalue weighted by molar-refractivity contribution is 7.59. The van der Waals surface area contributed by atoms with Gasteiger partial charge < -0.3 is 67.5 Å². The highest BCUT2D eigenvalue weighted by Crippen LogP contribution is 2.40. The average Bonchev–Trinajstić information content (AvgIpc) is 1.66. The molecule has 5 aromatic carbocycles. The number of thiazole rings is 1. The maximum atomic E-state index is 6.37. The molecule has 9 aromatic heterocycles. The van der Waals surface area contributed by atoms with Gasteiger partial charge in [-0.15, -0.1) is 56.7 Å². The van der Waals surface area contributed by atoms with Gasteiger partial charge in [-0.2, -0.15) is 54.0 Å². The van der Waals surface area contributed by atoms with Crippen LogP contribution in [-0.4, -0.2) is 84.9 Å². The van der Waals surface area contributed by atoms with Gasteiger partial charge in [-0.25, -0.2) is 4.98 Å². The third-order valence-electron chi connectivity index (χ3n) is 16.9. The van der Waals surface area contributed by atoms with Crippen molar-refractivity contribution in [3.8, 4) is 28.7 Å². The van der Waals surface area contributed by atoms with Gasteiger partial charge in [0.05, 0.1) is 34.8 Å². The van der Waals surface area contributed by atoms with Crippen molar-refractivity contribution in [2.45, 2.75) is 81.9 Å². The lowest BCUT2D eigenvalue weighted by Gasteiger charge is -2.20. The van der Waals surface area contributed by atoms with Gasteiger partial charge in [0.15, 0.2) is 40.1 Å². The minimum atomic E-state index is -0.0573. The van der Waals surface area contributed by atoms with Gasteiger partial charge in [-0.3, -0.25) is 0 Å². The molecule has 0 saturated heterocycles. The summed E-state index contributed by atoms with van der Waals surface area (Å²) in [6.45, 7) is 4.62. The van der Waals surface area contributed by atoms with Crippen LogP contribution in [0.3, 0.4) is 0 Å². The van der Waals surface area contributed by atoms with Crippen LogP contribution in [0.5, 0.6) is 28.7 Å². The summed E-state index contributed by atoms with van der Waals surface area (Å²) in [7, 11) is 12.0. The number of aryl methyl sites for hydroxylation is 1. The van der Waals surface area contributed by atoms with Crippen LogP contribution < -0.4 is 45.0 Å². The summed E-state index contributed by atoms with van der Waals surface area (Å²) in [6.07, 6.45) is 17.0. The first kappa shape index (κ1) is 86.4. The van der Waals surface area contributed by atoms with Crippen LogP contribution in [0.25, 0.3) is 43.9 Å². The molecule has 9 heterocycles. The number of nitrogens with one attached hydrogen (secondary N) is 4. The Hall–Kier alpha value is -6.82. The molecule has 15 nitrogen and oxygen atoms in total. The monoisotopic (exact) mass is 1620 g/mol. The SMILES string of the molecule is CN(C)CC[C@H](Oc1cccc2ccoc12)c1cccs1.CNCC[C@H](Oc1cccc2c1CCC2)c1cccs1.CNCC[C@H](Oc1cccc2ccoc12)c1ccc(Cl)s1.CNCC[C@H](Oc1cccc2ccoc12)c1nccs1.CNCC[C@H](Oc1cccc2occc12)c1cccs1.S.S.S.S. The van der Waals surface area contributed by atoms with Crippen molar-refractivity contribution in [1.82, 2.24) is 31.2 Å². The summed E-state index contributed by atoms with van der Waals surface area (Å²) in [6, 6.07) is 54.7. The van der Waals surface area contributed by atoms with Crippen molar-refractivity contribution >= 4 is 166 Å². The Morgan fingerprint density at radius 1 is 0.425 bits per heavy atom. The number of benzene rings is 5. The second-order valence-corrected chi connectivity index (χ2v) is 30.0. The number of furan rings is 4. The fourth-order valence-electron chi connectivity index (χ4n) is 11.8. The molecule has 0 bridgehead atoms. The van der Waals surface area contributed by atoms with Crippen LogP contribution in [0.15, 0.2) is 234 Å². The summed E-state index contributed by atoms with van der Waals surface area (Å²) >= 11 is 14.5. The predicted octanol–water partition coefficient (Wildman–Crippen LogP) is 21.7. The van der Waals surface area contributed by atoms with E-state index in [1.54, 1.807) is 81.7 Å². The van der Waals surface area contributed by atoms with Crippen LogP contribution in [0, 0.1) is 0 Å². The molecule has 1 aliphatic carbocycles. The van der Waals surface area contributed by atoms with E-state index in [0.29, 0.717) is 0 Å². The Labute approximate surface area is 675 Å². The van der Waals surface area contributed by atoms with Gasteiger partial charge in [0.1, 0.15) is 46.5 Å². The number of hydrogen-bond acceptors (Lipinski definition) is 20. The zero-order valence-corrected chi connectivity index (χ0v) is 69.2. The van der Waals surface area contributed by atoms with E-state index in [1.807, 2.05) is 149 Å². The first-order valence-corrected chi connectivity index (χ1v) is 39.1. The molecule has 566 valence electrons. The van der Waals surface area contributed by atoms with Crippen LogP contribution in [-0.2, 0) is 12.8 Å². The fourth-order valence-corrected chi connectivity index (χ4v) is 16.0. The maximum Gasteiger partial charge on any atom is 0.175 e. The van der Waals surface area contributed by atoms with Gasteiger partial charge in [-0.1, -0.05) is 84.4 Å². The Balaban J connectivity index is 0.000000183. The van der Waals surface area contributed by atoms with Gasteiger partial charge in [0, 0.05) is 85.9 Å². The number of halogens is 1. The van der Waals surface area contributed by atoms with E-state index in [0.717, 1.165) is 158 Å². The number of nitrogens with zero attached hydrogens (tertiary/aromatic N) is 2. The molecule has 0 saturated carbocycles. The van der Waals surface area contributed by atoms with Crippen molar-refractivity contribution in [3.63, 3.8) is 0 Å². The second kappa shape index (κ2) is 45.9. The molecule has 0 aliphatic heterocycles. The van der Waals surface area contributed by atoms with Gasteiger partial charge in [-0.05, 0) is 206 Å². The average molecular weight is 1620 g/mol. The molecule has 25 heteroatoms. The highest BCUT2D eigenvalue weighted by atomic mass is 35.5. The van der Waals surface area contributed by atoms with E-state index >= 15 is 0 Å². The molecule has 5 atom stereocenters. The maximum absolute atomic E-state index is 6.37. The molecule has 0 amide bonds. The number of hydrogen-bond donors (Lipinski definition) is 4. The summed E-state index contributed by atoms with van der Waals surface area (Å²) in [4.78, 5) is 11.5. The zero-order valence-electron chi connectivity index (χ0n) is 60.4. The number of rotatable bonds is 30. The van der Waals surface area contributed by atoms with Crippen LogP contribution in [0.2, 0.25) is 4.34 Å². The van der Waals surface area contributed by atoms with Crippen molar-refractivity contribution < 1.29 is 41.4 Å². The predicted molar refractivity (Wildman–Crippen MR) is 463 cm³/mol. The number of aromatic nitrogens is 1. The first-order chi connectivity index (χ1) is 50.2. The second-order valence-electron chi connectivity index (χ2n) is 24.4. The lowest BCUT2D eigenvalue weighted by Crippen LogP contribution is -2.18. The van der Waals surface area contributed by atoms with E-state index in [4.69, 9.17) is 53.0 Å². The van der Waals surface area contributed by atoms with Gasteiger partial charge in [0.2, 0.25) is 0 Å². The quantitative estimate of drug-likeness (QED) is 0.0336. The van der Waals surface area contributed by atoms with Crippen molar-refractivity contribution in [2.24, 2.45) is 0 Å². The number of para-hydroxylation sites is 3. The topological polar surface area (TPSA) is 163 Å². The summed E-state index contributed by atoms with van der Waals surface area (Å²) < 4.78 is 54.0. The number of fused-ring (bicyclic) bond motifs is 5. The fraction of sp³-hybridized carbons (Fsp3) is 0.296. The highest BCUT2D eigenvalue weighted by Gasteiger charge is 2.24. The van der Waals surface area contributed by atoms with Crippen LogP contribution in [0.4, 0.5) is 0 Å². The van der Waals surface area contributed by atoms with Gasteiger partial charge >= 0.3 is 0 Å². The van der Waals surface area contributed by atoms with E-state index in [9.17, 15) is 0 Å². The number of thiophene rings is 4. The standard InChI is InChI=1S/C17H19NO2S.C17H21NOS.C16H16ClNO2S.C16H17NO2S.C15H16N2O2S.4H2S/c1-18(2)10-8-14(16-7-4-12-21-16)20-15-6-3-5-13-9-11-19-17(13)15;1-18-11-10-16(17-9-4-12-20-17)19-15-8-3-6-13-5-2-7-14(13)15;1-18-9-7-12(14-5-6-15(17)21-14)20-13-4-2-3-11-8-10-19-16(11)13;1-17-9-7-15(16-6-3-11-20-16)19-14-5-2-4-13-12(14)8-10-18-13;1-16-7-5-13(15-17-8-10-20-15)19-12-4-2-3-11-6-9-18-14(11)12;;;;/h3-7,9,11-12,14H,8,10H2,1-2H3;3-4,6,8-9,12,16,18H,2,5,7,10-11H2,1H3;2-6,8,10,12,18H,7,9H2,1H3;2-6,8,10-11,15,17H,7,9H2,1H3;2-4,6,8-10,13,16H,5,7H2,1H3;4*1H2/t14-;16-;12-;15-;13-;;;;/m00000..../s1. The van der Waals surface area contributed by atoms with Crippen molar-refractivity contribution in [3.05, 3.63) is 257 Å². The Morgan fingerprint density at radius 2 is 0.858 bits per heavy atom. The van der Waals surface area contributed by atoms with Gasteiger partial charge in [0.25, 0.3) is 0 Å². The molecule has 0 fully saturated rings. The van der Waals surface area contributed by atoms with E-state index in [1.165, 1.54) is 38.6 Å². The summed E-state index contributed by atoms with van der Waals surface area (Å²) in [5.41, 5.74) is 6.16. The summed E-state index contributed by atoms with van der Waals surface area (Å²) in [5, 5.41) is 26.2. The van der Waals surface area contributed by atoms with Crippen LogP contribution >= 0.6 is 122 Å². The molecule has 0 spiro atoms. The Kier molecular flexibility index (Phi) is 37.4. The first-order valence-electron chi connectivity index (χ1n) is 34.4. The Bertz CT molecular complexity index is 4540. The minimum Gasteiger partial charge on any atom is -0.485 e. The van der Waals surface area contributed by atoms with E-state index < -0.39 is 0 Å². The van der Waals surface area contributed by atoms with E-state index in [2.05, 4.69) is 116 Å². The third kappa shape index (κ3) is 24.6. The molecule has 106 heavy (non-hydrogen) atoms. The molecule has 15 rings (SSSR count). The molecule has 0 radical (unpaired) electrons. The zero-order chi connectivity index (χ0) is 70.7. The lowest BCUT2D eigenvalue weighted by molar-refractivity contribution is 0.183. The minimum absolute atomic E-state index is 0. The molecule has 1 aliphatic rings. The largest absolute Gasteiger partial charge is 0.485 e. The smallest absolute Gasteiger partial charge is 0.175 e. The normalized spacial score (nSPS) is 12.7. The number of ether oxygens (including phenoxy) is 5. The lowest BCUT2D eigenvalue weighted by atomic mass is 10.1. The Morgan fingerprint density at radius 3 is 1.32 bits per heavy atom. The molecule has 14 aromatic rings. The van der Waals surface area contributed by atoms with E-state index in [-0.39, 0.29) is 84.5 Å². The van der Waals surface area contributed by atoms with Crippen molar-refractivity contribution in [1.29, 1.82) is 0 Å².